The van der Waals surface area contributed by atoms with Crippen molar-refractivity contribution in [2.45, 2.75) is 30.8 Å². The van der Waals surface area contributed by atoms with Gasteiger partial charge in [0.2, 0.25) is 5.91 Å². The molecule has 2 amide bonds. The molecule has 0 spiro atoms. The smallest absolute Gasteiger partial charge is 0.350 e. The van der Waals surface area contributed by atoms with Gasteiger partial charge in [0.15, 0.2) is 0 Å². The van der Waals surface area contributed by atoms with Crippen molar-refractivity contribution < 1.29 is 27.2 Å². The topological polar surface area (TPSA) is 76.0 Å². The molecule has 172 valence electrons. The van der Waals surface area contributed by atoms with Gasteiger partial charge in [0.1, 0.15) is 18.2 Å². The lowest BCUT2D eigenvalue weighted by Crippen LogP contribution is -2.29. The van der Waals surface area contributed by atoms with Crippen LogP contribution in [0, 0.1) is 5.82 Å². The lowest BCUT2D eigenvalue weighted by molar-refractivity contribution is -0.137. The standard InChI is InChI=1S/C22H18F4N4O2S/c23-14-7-5-13(6-8-14)9-27-19(31)10-30-20(16-11-33-12-18(16)29-30)28-21(32)15-3-1-2-4-17(15)22(24,25)26/h1-8H,9-12H2,(H,27,31)(H,28,32). The second-order valence-electron chi connectivity index (χ2n) is 7.32. The zero-order valence-corrected chi connectivity index (χ0v) is 17.9. The number of carbonyl (C=O) groups is 2. The van der Waals surface area contributed by atoms with Crippen LogP contribution < -0.4 is 10.6 Å². The van der Waals surface area contributed by atoms with Crippen molar-refractivity contribution in [1.82, 2.24) is 15.1 Å². The summed E-state index contributed by atoms with van der Waals surface area (Å²) in [5.74, 6) is -0.449. The Morgan fingerprint density at radius 3 is 2.52 bits per heavy atom. The molecule has 0 unspecified atom stereocenters. The Hall–Kier alpha value is -3.34. The highest BCUT2D eigenvalue weighted by molar-refractivity contribution is 7.98. The first-order valence-electron chi connectivity index (χ1n) is 9.87. The molecular formula is C22H18F4N4O2S. The number of nitrogens with zero attached hydrogens (tertiary/aromatic N) is 2. The maximum absolute atomic E-state index is 13.3. The van der Waals surface area contributed by atoms with Gasteiger partial charge in [-0.25, -0.2) is 9.07 Å². The van der Waals surface area contributed by atoms with E-state index in [1.165, 1.54) is 28.9 Å². The summed E-state index contributed by atoms with van der Waals surface area (Å²) < 4.78 is 54.3. The van der Waals surface area contributed by atoms with Gasteiger partial charge in [-0.1, -0.05) is 24.3 Å². The number of thioether (sulfide) groups is 1. The molecule has 4 rings (SSSR count). The van der Waals surface area contributed by atoms with Crippen LogP contribution in [0.1, 0.15) is 32.7 Å². The first-order valence-corrected chi connectivity index (χ1v) is 11.0. The molecular weight excluding hydrogens is 460 g/mol. The molecule has 0 radical (unpaired) electrons. The minimum Gasteiger partial charge on any atom is -0.350 e. The molecule has 2 heterocycles. The van der Waals surface area contributed by atoms with Crippen molar-refractivity contribution in [3.63, 3.8) is 0 Å². The summed E-state index contributed by atoms with van der Waals surface area (Å²) in [6.45, 7) is -0.0774. The number of hydrogen-bond donors (Lipinski definition) is 2. The van der Waals surface area contributed by atoms with E-state index in [9.17, 15) is 27.2 Å². The van der Waals surface area contributed by atoms with E-state index in [2.05, 4.69) is 15.7 Å². The number of amides is 2. The number of fused-ring (bicyclic) bond motifs is 1. The first-order chi connectivity index (χ1) is 15.7. The second kappa shape index (κ2) is 9.26. The molecule has 2 aromatic carbocycles. The third kappa shape index (κ3) is 5.19. The van der Waals surface area contributed by atoms with Crippen molar-refractivity contribution in [1.29, 1.82) is 0 Å². The Balaban J connectivity index is 1.52. The molecule has 1 aliphatic heterocycles. The molecule has 1 aliphatic rings. The fourth-order valence-corrected chi connectivity index (χ4v) is 4.45. The average Bonchev–Trinajstić information content (AvgIpc) is 3.35. The Bertz CT molecular complexity index is 1190. The van der Waals surface area contributed by atoms with Gasteiger partial charge in [-0.2, -0.15) is 30.0 Å². The maximum Gasteiger partial charge on any atom is 0.417 e. The lowest BCUT2D eigenvalue weighted by Gasteiger charge is -2.14. The van der Waals surface area contributed by atoms with Gasteiger partial charge in [0, 0.05) is 23.6 Å². The number of aromatic nitrogens is 2. The Labute approximate surface area is 190 Å². The van der Waals surface area contributed by atoms with Crippen molar-refractivity contribution in [2.75, 3.05) is 5.32 Å². The van der Waals surface area contributed by atoms with E-state index in [4.69, 9.17) is 0 Å². The number of benzene rings is 2. The highest BCUT2D eigenvalue weighted by atomic mass is 32.2. The van der Waals surface area contributed by atoms with Gasteiger partial charge in [-0.15, -0.1) is 0 Å². The number of alkyl halides is 3. The molecule has 0 saturated heterocycles. The largest absolute Gasteiger partial charge is 0.417 e. The predicted molar refractivity (Wildman–Crippen MR) is 115 cm³/mol. The third-order valence-electron chi connectivity index (χ3n) is 5.02. The number of hydrogen-bond acceptors (Lipinski definition) is 4. The van der Waals surface area contributed by atoms with Crippen LogP contribution in [0.2, 0.25) is 0 Å². The normalized spacial score (nSPS) is 13.0. The average molecular weight is 478 g/mol. The lowest BCUT2D eigenvalue weighted by atomic mass is 10.1. The van der Waals surface area contributed by atoms with Crippen LogP contribution >= 0.6 is 11.8 Å². The van der Waals surface area contributed by atoms with E-state index in [0.717, 1.165) is 12.1 Å². The molecule has 33 heavy (non-hydrogen) atoms. The van der Waals surface area contributed by atoms with Crippen molar-refractivity contribution >= 4 is 29.4 Å². The van der Waals surface area contributed by atoms with Gasteiger partial charge < -0.3 is 10.6 Å². The van der Waals surface area contributed by atoms with Gasteiger partial charge in [0.05, 0.1) is 16.8 Å². The Morgan fingerprint density at radius 2 is 1.79 bits per heavy atom. The third-order valence-corrected chi connectivity index (χ3v) is 5.99. The SMILES string of the molecule is O=C(Cn1nc2c(c1NC(=O)c1ccccc1C(F)(F)F)CSC2)NCc1ccc(F)cc1. The van der Waals surface area contributed by atoms with E-state index in [-0.39, 0.29) is 24.7 Å². The van der Waals surface area contributed by atoms with Crippen LogP contribution in [0.15, 0.2) is 48.5 Å². The van der Waals surface area contributed by atoms with Crippen LogP contribution in [0.25, 0.3) is 0 Å². The fraction of sp³-hybridized carbons (Fsp3) is 0.227. The second-order valence-corrected chi connectivity index (χ2v) is 8.31. The van der Waals surface area contributed by atoms with Crippen molar-refractivity contribution in [3.8, 4) is 0 Å². The predicted octanol–water partition coefficient (Wildman–Crippen LogP) is 4.36. The number of halogens is 4. The molecule has 0 fully saturated rings. The molecule has 3 aromatic rings. The number of nitrogens with one attached hydrogen (secondary N) is 2. The molecule has 11 heteroatoms. The molecule has 0 atom stereocenters. The van der Waals surface area contributed by atoms with Crippen LogP contribution in [0.3, 0.4) is 0 Å². The fourth-order valence-electron chi connectivity index (χ4n) is 3.42. The van der Waals surface area contributed by atoms with Gasteiger partial charge >= 0.3 is 6.18 Å². The summed E-state index contributed by atoms with van der Waals surface area (Å²) in [6.07, 6.45) is -4.69. The number of rotatable bonds is 6. The number of anilines is 1. The highest BCUT2D eigenvalue weighted by Gasteiger charge is 2.35. The summed E-state index contributed by atoms with van der Waals surface area (Å²) in [5.41, 5.74) is 0.492. The number of carbonyl (C=O) groups excluding carboxylic acids is 2. The first kappa shape index (κ1) is 22.8. The highest BCUT2D eigenvalue weighted by Crippen LogP contribution is 2.36. The van der Waals surface area contributed by atoms with Crippen LogP contribution in [0.4, 0.5) is 23.4 Å². The molecule has 2 N–H and O–H groups in total. The van der Waals surface area contributed by atoms with Gasteiger partial charge in [0.25, 0.3) is 5.91 Å². The minimum absolute atomic E-state index is 0.163. The van der Waals surface area contributed by atoms with Crippen molar-refractivity contribution in [3.05, 3.63) is 82.3 Å². The minimum atomic E-state index is -4.69. The molecule has 0 saturated carbocycles. The molecule has 6 nitrogen and oxygen atoms in total. The summed E-state index contributed by atoms with van der Waals surface area (Å²) in [7, 11) is 0. The Morgan fingerprint density at radius 1 is 1.06 bits per heavy atom. The van der Waals surface area contributed by atoms with Crippen LogP contribution in [-0.2, 0) is 35.6 Å². The van der Waals surface area contributed by atoms with Crippen LogP contribution in [0.5, 0.6) is 0 Å². The quantitative estimate of drug-likeness (QED) is 0.517. The summed E-state index contributed by atoms with van der Waals surface area (Å²) >= 11 is 1.55. The van der Waals surface area contributed by atoms with E-state index in [0.29, 0.717) is 28.3 Å². The van der Waals surface area contributed by atoms with Gasteiger partial charge in [-0.05, 0) is 29.8 Å². The summed E-state index contributed by atoms with van der Waals surface area (Å²) in [5, 5.41) is 9.58. The zero-order chi connectivity index (χ0) is 23.6. The van der Waals surface area contributed by atoms with Gasteiger partial charge in [-0.3, -0.25) is 9.59 Å². The zero-order valence-electron chi connectivity index (χ0n) is 17.1. The molecule has 1 aromatic heterocycles. The summed E-state index contributed by atoms with van der Waals surface area (Å²) in [6, 6.07) is 10.2. The van der Waals surface area contributed by atoms with E-state index >= 15 is 0 Å². The summed E-state index contributed by atoms with van der Waals surface area (Å²) in [4.78, 5) is 25.2. The molecule has 0 bridgehead atoms. The van der Waals surface area contributed by atoms with Crippen molar-refractivity contribution in [2.24, 2.45) is 0 Å². The van der Waals surface area contributed by atoms with E-state index in [1.807, 2.05) is 0 Å². The van der Waals surface area contributed by atoms with Crippen LogP contribution in [-0.4, -0.2) is 21.6 Å². The van der Waals surface area contributed by atoms with E-state index < -0.39 is 29.1 Å². The van der Waals surface area contributed by atoms with E-state index in [1.54, 1.807) is 23.9 Å². The maximum atomic E-state index is 13.3. The molecule has 0 aliphatic carbocycles. The Kier molecular flexibility index (Phi) is 6.41. The monoisotopic (exact) mass is 478 g/mol.